The van der Waals surface area contributed by atoms with Crippen LogP contribution in [0.2, 0.25) is 0 Å². The van der Waals surface area contributed by atoms with Crippen molar-refractivity contribution in [3.63, 3.8) is 0 Å². The van der Waals surface area contributed by atoms with E-state index in [4.69, 9.17) is 20.3 Å². The van der Waals surface area contributed by atoms with Crippen LogP contribution in [-0.4, -0.2) is 62.7 Å². The van der Waals surface area contributed by atoms with Gasteiger partial charge < -0.3 is 30.5 Å². The maximum absolute atomic E-state index is 13.6. The highest BCUT2D eigenvalue weighted by Gasteiger charge is 2.29. The molecule has 1 amide bonds. The minimum absolute atomic E-state index is 0.0206. The van der Waals surface area contributed by atoms with Crippen molar-refractivity contribution < 1.29 is 36.9 Å². The summed E-state index contributed by atoms with van der Waals surface area (Å²) >= 11 is 0. The summed E-state index contributed by atoms with van der Waals surface area (Å²) in [7, 11) is 0. The summed E-state index contributed by atoms with van der Waals surface area (Å²) in [4.78, 5) is 14.2. The highest BCUT2D eigenvalue weighted by atomic mass is 19.4. The zero-order chi connectivity index (χ0) is 26.3. The van der Waals surface area contributed by atoms with Crippen molar-refractivity contribution in [1.82, 2.24) is 5.32 Å². The molecule has 1 aliphatic rings. The Bertz CT molecular complexity index is 1050. The van der Waals surface area contributed by atoms with Crippen LogP contribution < -0.4 is 25.4 Å². The van der Waals surface area contributed by atoms with Gasteiger partial charge >= 0.3 is 6.18 Å². The normalized spacial score (nSPS) is 14.0. The first kappa shape index (κ1) is 27.5. The van der Waals surface area contributed by atoms with Gasteiger partial charge in [-0.15, -0.1) is 0 Å². The van der Waals surface area contributed by atoms with E-state index >= 15 is 0 Å². The van der Waals surface area contributed by atoms with Crippen molar-refractivity contribution in [2.75, 3.05) is 44.4 Å². The number of carbonyl (C=O) groups is 1. The molecule has 7 nitrogen and oxygen atoms in total. The highest BCUT2D eigenvalue weighted by Crippen LogP contribution is 2.34. The predicted octanol–water partition coefficient (Wildman–Crippen LogP) is 3.21. The Morgan fingerprint density at radius 1 is 1.22 bits per heavy atom. The number of nitrogens with zero attached hydrogens (tertiary/aromatic N) is 1. The van der Waals surface area contributed by atoms with Gasteiger partial charge in [-0.1, -0.05) is 6.07 Å². The largest absolute Gasteiger partial charge is 0.488 e. The molecular weight excluding hydrogens is 482 g/mol. The number of carbonyl (C=O) groups excluding carboxylic acids is 1. The predicted molar refractivity (Wildman–Crippen MR) is 127 cm³/mol. The number of primary amides is 1. The summed E-state index contributed by atoms with van der Waals surface area (Å²) < 4.78 is 61.1. The second-order valence-electron chi connectivity index (χ2n) is 8.73. The second kappa shape index (κ2) is 12.3. The quantitative estimate of drug-likeness (QED) is 0.281. The molecule has 4 N–H and O–H groups in total. The molecule has 1 aliphatic heterocycles. The molecular formula is C25H31F4N3O4. The van der Waals surface area contributed by atoms with E-state index in [-0.39, 0.29) is 30.8 Å². The molecule has 3 rings (SSSR count). The molecule has 1 atom stereocenters. The fourth-order valence-corrected chi connectivity index (χ4v) is 4.25. The maximum atomic E-state index is 13.6. The van der Waals surface area contributed by atoms with Gasteiger partial charge in [-0.25, -0.2) is 4.39 Å². The summed E-state index contributed by atoms with van der Waals surface area (Å²) in [6, 6.07) is 6.92. The summed E-state index contributed by atoms with van der Waals surface area (Å²) in [5.41, 5.74) is 8.95. The third kappa shape index (κ3) is 7.72. The molecule has 1 heterocycles. The van der Waals surface area contributed by atoms with Crippen molar-refractivity contribution in [1.29, 1.82) is 0 Å². The third-order valence-corrected chi connectivity index (χ3v) is 5.76. The zero-order valence-corrected chi connectivity index (χ0v) is 20.0. The first-order valence-electron chi connectivity index (χ1n) is 11.7. The molecule has 11 heteroatoms. The number of halogens is 4. The molecule has 0 radical (unpaired) electrons. The molecule has 0 saturated carbocycles. The summed E-state index contributed by atoms with van der Waals surface area (Å²) in [6.07, 6.45) is -2.53. The fraction of sp³-hybridized carbons (Fsp3) is 0.480. The number of nitrogens with two attached hydrogens (primary N) is 1. The Morgan fingerprint density at radius 2 is 2.00 bits per heavy atom. The van der Waals surface area contributed by atoms with E-state index in [9.17, 15) is 22.4 Å². The van der Waals surface area contributed by atoms with Gasteiger partial charge in [-0.05, 0) is 55.5 Å². The lowest BCUT2D eigenvalue weighted by molar-refractivity contribution is -0.153. The molecule has 2 aromatic carbocycles. The molecule has 0 spiro atoms. The minimum atomic E-state index is -4.52. The molecule has 36 heavy (non-hydrogen) atoms. The SMILES string of the molecule is C[C@H](Cc1cc2c(c(C(N)=O)c1)N(CCCO)CC2)NCCOc1cc(F)ccc1OCC(F)(F)F. The number of aliphatic hydroxyl groups excluding tert-OH is 1. The van der Waals surface area contributed by atoms with E-state index in [1.165, 1.54) is 0 Å². The van der Waals surface area contributed by atoms with E-state index in [1.54, 1.807) is 6.07 Å². The van der Waals surface area contributed by atoms with E-state index in [0.717, 1.165) is 48.0 Å². The van der Waals surface area contributed by atoms with Crippen molar-refractivity contribution >= 4 is 11.6 Å². The second-order valence-corrected chi connectivity index (χ2v) is 8.73. The van der Waals surface area contributed by atoms with Gasteiger partial charge in [-0.3, -0.25) is 4.79 Å². The number of benzene rings is 2. The minimum Gasteiger partial charge on any atom is -0.488 e. The monoisotopic (exact) mass is 513 g/mol. The van der Waals surface area contributed by atoms with Gasteiger partial charge in [0.05, 0.1) is 11.3 Å². The summed E-state index contributed by atoms with van der Waals surface area (Å²) in [5.74, 6) is -1.45. The first-order chi connectivity index (χ1) is 17.1. The number of hydrogen-bond donors (Lipinski definition) is 3. The van der Waals surface area contributed by atoms with Gasteiger partial charge in [0, 0.05) is 38.3 Å². The van der Waals surface area contributed by atoms with Crippen LogP contribution in [0.5, 0.6) is 11.5 Å². The Labute approximate surface area is 207 Å². The van der Waals surface area contributed by atoms with Gasteiger partial charge in [0.1, 0.15) is 12.4 Å². The van der Waals surface area contributed by atoms with E-state index in [1.807, 2.05) is 6.92 Å². The maximum Gasteiger partial charge on any atom is 0.422 e. The molecule has 0 fully saturated rings. The van der Waals surface area contributed by atoms with E-state index in [0.29, 0.717) is 31.5 Å². The number of alkyl halides is 3. The molecule has 0 saturated heterocycles. The average molecular weight is 514 g/mol. The lowest BCUT2D eigenvalue weighted by Crippen LogP contribution is -2.32. The van der Waals surface area contributed by atoms with Crippen molar-refractivity contribution in [2.24, 2.45) is 5.73 Å². The Hall–Kier alpha value is -3.05. The van der Waals surface area contributed by atoms with Crippen LogP contribution in [0.4, 0.5) is 23.2 Å². The van der Waals surface area contributed by atoms with Gasteiger partial charge in [0.25, 0.3) is 5.91 Å². The number of hydrogen-bond acceptors (Lipinski definition) is 6. The standard InChI is InChI=1S/C25H31F4N3O4/c1-16(31-6-10-35-22-14-19(26)3-4-21(22)36-15-25(27,28)29)11-17-12-18-5-8-32(7-2-9-33)23(18)20(13-17)24(30)34/h3-4,12-14,16,31,33H,2,5-11,15H2,1H3,(H2,30,34)/t16-/m1/s1. The first-order valence-corrected chi connectivity index (χ1v) is 11.7. The molecule has 2 aromatic rings. The van der Waals surface area contributed by atoms with Crippen LogP contribution in [0, 0.1) is 5.82 Å². The zero-order valence-electron chi connectivity index (χ0n) is 20.0. The number of rotatable bonds is 13. The van der Waals surface area contributed by atoms with Crippen molar-refractivity contribution in [2.45, 2.75) is 38.4 Å². The number of anilines is 1. The topological polar surface area (TPSA) is 97.1 Å². The molecule has 0 aromatic heterocycles. The van der Waals surface area contributed by atoms with E-state index in [2.05, 4.69) is 16.3 Å². The Morgan fingerprint density at radius 3 is 2.69 bits per heavy atom. The lowest BCUT2D eigenvalue weighted by Gasteiger charge is -2.22. The molecule has 198 valence electrons. The van der Waals surface area contributed by atoms with Crippen LogP contribution in [0.3, 0.4) is 0 Å². The number of ether oxygens (including phenoxy) is 2. The highest BCUT2D eigenvalue weighted by molar-refractivity contribution is 6.00. The van der Waals surface area contributed by atoms with Crippen LogP contribution in [0.1, 0.15) is 34.8 Å². The fourth-order valence-electron chi connectivity index (χ4n) is 4.25. The smallest absolute Gasteiger partial charge is 0.422 e. The Kier molecular flexibility index (Phi) is 9.38. The number of nitrogens with one attached hydrogen (secondary N) is 1. The van der Waals surface area contributed by atoms with Crippen LogP contribution in [0.25, 0.3) is 0 Å². The summed E-state index contributed by atoms with van der Waals surface area (Å²) in [6.45, 7) is 2.35. The lowest BCUT2D eigenvalue weighted by atomic mass is 9.98. The van der Waals surface area contributed by atoms with Crippen LogP contribution in [0.15, 0.2) is 30.3 Å². The van der Waals surface area contributed by atoms with Gasteiger partial charge in [0.2, 0.25) is 0 Å². The Balaban J connectivity index is 1.56. The molecule has 0 aliphatic carbocycles. The number of aliphatic hydroxyl groups is 1. The van der Waals surface area contributed by atoms with Gasteiger partial charge in [0.15, 0.2) is 18.1 Å². The van der Waals surface area contributed by atoms with E-state index < -0.39 is 24.5 Å². The van der Waals surface area contributed by atoms with Crippen LogP contribution >= 0.6 is 0 Å². The molecule has 0 unspecified atom stereocenters. The third-order valence-electron chi connectivity index (χ3n) is 5.76. The summed E-state index contributed by atoms with van der Waals surface area (Å²) in [5, 5.41) is 12.4. The van der Waals surface area contributed by atoms with Crippen molar-refractivity contribution in [3.8, 4) is 11.5 Å². The van der Waals surface area contributed by atoms with Crippen LogP contribution in [-0.2, 0) is 12.8 Å². The number of amides is 1. The number of fused-ring (bicyclic) bond motifs is 1. The molecule has 0 bridgehead atoms. The van der Waals surface area contributed by atoms with Gasteiger partial charge in [-0.2, -0.15) is 13.2 Å². The van der Waals surface area contributed by atoms with Crippen molar-refractivity contribution in [3.05, 3.63) is 52.8 Å². The average Bonchev–Trinajstić information content (AvgIpc) is 3.21.